The Morgan fingerprint density at radius 3 is 2.24 bits per heavy atom. The average Bonchev–Trinajstić information content (AvgIpc) is 3.29. The van der Waals surface area contributed by atoms with E-state index < -0.39 is 0 Å². The Kier molecular flexibility index (Phi) is 6.65. The standard InChI is InChI=1S/C29H29FN4O3/c1-18-9-22(30)5-6-25(18)27-12-21(16-34-17-31-32-19(34)2)13-28-26(27)7-8-33(29(28)35)15-20-10-23(36-3)14-24(11-20)37-4/h5-6,9-14,17H,7-8,15-16H2,1-4H3. The van der Waals surface area contributed by atoms with E-state index in [9.17, 15) is 9.18 Å². The van der Waals surface area contributed by atoms with Crippen LogP contribution in [0.4, 0.5) is 4.39 Å². The normalized spacial score (nSPS) is 13.0. The predicted molar refractivity (Wildman–Crippen MR) is 138 cm³/mol. The van der Waals surface area contributed by atoms with Gasteiger partial charge in [-0.15, -0.1) is 10.2 Å². The van der Waals surface area contributed by atoms with E-state index in [1.165, 1.54) is 12.1 Å². The van der Waals surface area contributed by atoms with Crippen molar-refractivity contribution in [3.8, 4) is 22.6 Å². The number of benzene rings is 3. The topological polar surface area (TPSA) is 69.5 Å². The van der Waals surface area contributed by atoms with E-state index in [4.69, 9.17) is 9.47 Å². The number of amides is 1. The first kappa shape index (κ1) is 24.5. The minimum absolute atomic E-state index is 0.0358. The van der Waals surface area contributed by atoms with Crippen molar-refractivity contribution < 1.29 is 18.7 Å². The molecule has 1 aromatic heterocycles. The number of methoxy groups -OCH3 is 2. The fourth-order valence-electron chi connectivity index (χ4n) is 4.96. The summed E-state index contributed by atoms with van der Waals surface area (Å²) in [5.74, 6) is 1.84. The molecule has 0 spiro atoms. The number of aryl methyl sites for hydroxylation is 2. The zero-order chi connectivity index (χ0) is 26.1. The molecule has 37 heavy (non-hydrogen) atoms. The lowest BCUT2D eigenvalue weighted by Gasteiger charge is -2.31. The number of fused-ring (bicyclic) bond motifs is 1. The minimum Gasteiger partial charge on any atom is -0.497 e. The zero-order valence-electron chi connectivity index (χ0n) is 21.4. The highest BCUT2D eigenvalue weighted by atomic mass is 19.1. The largest absolute Gasteiger partial charge is 0.497 e. The monoisotopic (exact) mass is 500 g/mol. The van der Waals surface area contributed by atoms with Crippen molar-refractivity contribution in [3.05, 3.63) is 94.3 Å². The lowest BCUT2D eigenvalue weighted by atomic mass is 9.86. The summed E-state index contributed by atoms with van der Waals surface area (Å²) in [6.45, 7) is 5.33. The van der Waals surface area contributed by atoms with Gasteiger partial charge in [-0.2, -0.15) is 0 Å². The van der Waals surface area contributed by atoms with Gasteiger partial charge >= 0.3 is 0 Å². The number of halogens is 1. The van der Waals surface area contributed by atoms with Crippen LogP contribution in [0.1, 0.15) is 38.4 Å². The SMILES string of the molecule is COc1cc(CN2CCc3c(cc(Cn4cnnc4C)cc3-c3ccc(F)cc3C)C2=O)cc(OC)c1. The highest BCUT2D eigenvalue weighted by Gasteiger charge is 2.28. The number of rotatable bonds is 7. The summed E-state index contributed by atoms with van der Waals surface area (Å²) in [6.07, 6.45) is 2.38. The third-order valence-corrected chi connectivity index (χ3v) is 6.88. The molecule has 0 aliphatic carbocycles. The molecule has 0 fully saturated rings. The third-order valence-electron chi connectivity index (χ3n) is 6.88. The van der Waals surface area contributed by atoms with Crippen LogP contribution in [0.25, 0.3) is 11.1 Å². The van der Waals surface area contributed by atoms with Gasteiger partial charge in [0, 0.05) is 24.7 Å². The van der Waals surface area contributed by atoms with Crippen LogP contribution in [0.2, 0.25) is 0 Å². The Balaban J connectivity index is 1.56. The molecule has 0 atom stereocenters. The summed E-state index contributed by atoms with van der Waals surface area (Å²) >= 11 is 0. The van der Waals surface area contributed by atoms with Gasteiger partial charge in [0.1, 0.15) is 29.5 Å². The molecule has 0 radical (unpaired) electrons. The average molecular weight is 501 g/mol. The van der Waals surface area contributed by atoms with Crippen LogP contribution in [0.15, 0.2) is 54.9 Å². The van der Waals surface area contributed by atoms with Crippen LogP contribution in [0.3, 0.4) is 0 Å². The Morgan fingerprint density at radius 1 is 0.892 bits per heavy atom. The second-order valence-corrected chi connectivity index (χ2v) is 9.33. The van der Waals surface area contributed by atoms with Crippen molar-refractivity contribution in [1.29, 1.82) is 0 Å². The summed E-state index contributed by atoms with van der Waals surface area (Å²) in [6, 6.07) is 14.5. The second-order valence-electron chi connectivity index (χ2n) is 9.33. The van der Waals surface area contributed by atoms with E-state index in [0.717, 1.165) is 39.2 Å². The number of carbonyl (C=O) groups is 1. The van der Waals surface area contributed by atoms with Crippen molar-refractivity contribution >= 4 is 5.91 Å². The van der Waals surface area contributed by atoms with Crippen molar-refractivity contribution in [3.63, 3.8) is 0 Å². The van der Waals surface area contributed by atoms with Crippen molar-refractivity contribution in [1.82, 2.24) is 19.7 Å². The van der Waals surface area contributed by atoms with Gasteiger partial charge in [-0.3, -0.25) is 4.79 Å². The van der Waals surface area contributed by atoms with Crippen molar-refractivity contribution in [2.75, 3.05) is 20.8 Å². The molecule has 0 bridgehead atoms. The van der Waals surface area contributed by atoms with Gasteiger partial charge in [-0.05, 0) is 90.0 Å². The van der Waals surface area contributed by atoms with Gasteiger partial charge in [0.2, 0.25) is 0 Å². The maximum atomic E-state index is 13.9. The zero-order valence-corrected chi connectivity index (χ0v) is 21.4. The van der Waals surface area contributed by atoms with E-state index in [1.54, 1.807) is 26.6 Å². The van der Waals surface area contributed by atoms with E-state index in [2.05, 4.69) is 16.3 Å². The quantitative estimate of drug-likeness (QED) is 0.359. The lowest BCUT2D eigenvalue weighted by molar-refractivity contribution is 0.0726. The predicted octanol–water partition coefficient (Wildman–Crippen LogP) is 4.97. The number of nitrogens with zero attached hydrogens (tertiary/aromatic N) is 4. The highest BCUT2D eigenvalue weighted by Crippen LogP contribution is 2.35. The molecule has 0 saturated heterocycles. The fraction of sp³-hybridized carbons (Fsp3) is 0.276. The summed E-state index contributed by atoms with van der Waals surface area (Å²) < 4.78 is 26.7. The van der Waals surface area contributed by atoms with Gasteiger partial charge in [0.05, 0.1) is 20.8 Å². The van der Waals surface area contributed by atoms with Crippen LogP contribution in [-0.2, 0) is 19.5 Å². The van der Waals surface area contributed by atoms with E-state index in [-0.39, 0.29) is 11.7 Å². The number of carbonyl (C=O) groups excluding carboxylic acids is 1. The molecule has 7 nitrogen and oxygen atoms in total. The Morgan fingerprint density at radius 2 is 1.59 bits per heavy atom. The summed E-state index contributed by atoms with van der Waals surface area (Å²) in [4.78, 5) is 15.7. The smallest absolute Gasteiger partial charge is 0.254 e. The molecule has 3 aromatic carbocycles. The first-order chi connectivity index (χ1) is 17.9. The third kappa shape index (κ3) is 4.91. The van der Waals surface area contributed by atoms with Gasteiger partial charge in [0.25, 0.3) is 5.91 Å². The Bertz CT molecular complexity index is 1460. The number of hydrogen-bond donors (Lipinski definition) is 0. The van der Waals surface area contributed by atoms with Gasteiger partial charge < -0.3 is 18.9 Å². The molecule has 0 N–H and O–H groups in total. The van der Waals surface area contributed by atoms with Gasteiger partial charge in [0.15, 0.2) is 0 Å². The molecule has 1 aliphatic heterocycles. The maximum absolute atomic E-state index is 13.9. The van der Waals surface area contributed by atoms with Gasteiger partial charge in [-0.1, -0.05) is 6.07 Å². The molecular weight excluding hydrogens is 471 g/mol. The molecule has 0 unspecified atom stereocenters. The van der Waals surface area contributed by atoms with E-state index in [0.29, 0.717) is 43.1 Å². The molecule has 5 rings (SSSR count). The van der Waals surface area contributed by atoms with Gasteiger partial charge in [-0.25, -0.2) is 4.39 Å². The molecule has 4 aromatic rings. The van der Waals surface area contributed by atoms with Crippen LogP contribution in [-0.4, -0.2) is 46.3 Å². The molecule has 1 aliphatic rings. The first-order valence-corrected chi connectivity index (χ1v) is 12.1. The van der Waals surface area contributed by atoms with Crippen molar-refractivity contribution in [2.45, 2.75) is 33.4 Å². The van der Waals surface area contributed by atoms with Crippen LogP contribution < -0.4 is 9.47 Å². The molecule has 0 saturated carbocycles. The number of aromatic nitrogens is 3. The maximum Gasteiger partial charge on any atom is 0.254 e. The molecule has 8 heteroatoms. The van der Waals surface area contributed by atoms with Crippen LogP contribution in [0.5, 0.6) is 11.5 Å². The molecular formula is C29H29FN4O3. The summed E-state index contributed by atoms with van der Waals surface area (Å²) in [7, 11) is 3.22. The number of hydrogen-bond acceptors (Lipinski definition) is 5. The lowest BCUT2D eigenvalue weighted by Crippen LogP contribution is -2.37. The van der Waals surface area contributed by atoms with Crippen LogP contribution >= 0.6 is 0 Å². The minimum atomic E-state index is -0.276. The fourth-order valence-corrected chi connectivity index (χ4v) is 4.96. The second kappa shape index (κ2) is 10.0. The first-order valence-electron chi connectivity index (χ1n) is 12.1. The summed E-state index contributed by atoms with van der Waals surface area (Å²) in [5.41, 5.74) is 6.27. The number of ether oxygens (including phenoxy) is 2. The Labute approximate surface area is 215 Å². The highest BCUT2D eigenvalue weighted by molar-refractivity contribution is 5.99. The summed E-state index contributed by atoms with van der Waals surface area (Å²) in [5, 5.41) is 8.07. The van der Waals surface area contributed by atoms with Crippen LogP contribution in [0, 0.1) is 19.7 Å². The van der Waals surface area contributed by atoms with E-state index in [1.807, 2.05) is 47.6 Å². The molecule has 1 amide bonds. The van der Waals surface area contributed by atoms with Crippen molar-refractivity contribution in [2.24, 2.45) is 0 Å². The van der Waals surface area contributed by atoms with E-state index >= 15 is 0 Å². The molecule has 2 heterocycles. The molecule has 190 valence electrons. The Hall–Kier alpha value is -4.20.